The van der Waals surface area contributed by atoms with E-state index in [-0.39, 0.29) is 22.5 Å². The molecular weight excluding hydrogens is 499 g/mol. The Bertz CT molecular complexity index is 1620. The quantitative estimate of drug-likeness (QED) is 0.367. The molecule has 0 aliphatic heterocycles. The lowest BCUT2D eigenvalue weighted by atomic mass is 10.2. The van der Waals surface area contributed by atoms with Gasteiger partial charge in [0.2, 0.25) is 0 Å². The summed E-state index contributed by atoms with van der Waals surface area (Å²) in [5, 5.41) is 16.1. The van der Waals surface area contributed by atoms with Gasteiger partial charge < -0.3 is 11.1 Å². The molecule has 0 saturated heterocycles. The number of rotatable bonds is 5. The summed E-state index contributed by atoms with van der Waals surface area (Å²) in [7, 11) is 0. The van der Waals surface area contributed by atoms with Crippen molar-refractivity contribution in [1.29, 1.82) is 0 Å². The molecule has 0 saturated carbocycles. The largest absolute Gasteiger partial charge is 0.434 e. The Kier molecular flexibility index (Phi) is 5.47. The van der Waals surface area contributed by atoms with Crippen LogP contribution in [0.15, 0.2) is 48.5 Å². The summed E-state index contributed by atoms with van der Waals surface area (Å²) in [5.74, 6) is -1.46. The molecule has 0 spiro atoms. The number of nitrogens with one attached hydrogen (secondary N) is 1. The van der Waals surface area contributed by atoms with E-state index in [1.54, 1.807) is 12.3 Å². The van der Waals surface area contributed by atoms with Gasteiger partial charge in [-0.1, -0.05) is 0 Å². The number of fused-ring (bicyclic) bond motifs is 1. The van der Waals surface area contributed by atoms with Crippen LogP contribution in [-0.4, -0.2) is 46.6 Å². The number of aryl methyl sites for hydroxylation is 1. The topological polar surface area (TPSA) is 146 Å². The number of halogens is 3. The summed E-state index contributed by atoms with van der Waals surface area (Å²) in [6.07, 6.45) is 1.15. The number of hydrogen-bond acceptors (Lipinski definition) is 8. The van der Waals surface area contributed by atoms with Crippen molar-refractivity contribution in [2.45, 2.75) is 13.1 Å². The van der Waals surface area contributed by atoms with Gasteiger partial charge in [0.25, 0.3) is 11.8 Å². The molecule has 0 unspecified atom stereocenters. The summed E-state index contributed by atoms with van der Waals surface area (Å²) in [6.45, 7) is 1.69. The second kappa shape index (κ2) is 8.53. The molecule has 0 bridgehead atoms. The Morgan fingerprint density at radius 2 is 1.83 bits per heavy atom. The molecule has 0 aromatic carbocycles. The fourth-order valence-corrected chi connectivity index (χ4v) is 4.54. The first-order valence-corrected chi connectivity index (χ1v) is 11.0. The highest BCUT2D eigenvalue weighted by atomic mass is 32.1. The zero-order valence-electron chi connectivity index (χ0n) is 18.2. The maximum absolute atomic E-state index is 14.2. The Hall–Kier alpha value is -4.66. The van der Waals surface area contributed by atoms with Crippen molar-refractivity contribution >= 4 is 38.9 Å². The molecule has 0 aliphatic carbocycles. The van der Waals surface area contributed by atoms with Gasteiger partial charge in [-0.2, -0.15) is 28.5 Å². The maximum atomic E-state index is 14.2. The molecule has 0 fully saturated rings. The Balaban J connectivity index is 1.54. The first kappa shape index (κ1) is 23.1. The van der Waals surface area contributed by atoms with Crippen molar-refractivity contribution < 1.29 is 22.8 Å². The molecule has 3 N–H and O–H groups in total. The van der Waals surface area contributed by atoms with Gasteiger partial charge >= 0.3 is 6.18 Å². The van der Waals surface area contributed by atoms with Gasteiger partial charge in [0.15, 0.2) is 11.5 Å². The number of thiophene rings is 1. The SMILES string of the molecule is Cc1cc(NC(=O)c2cnn(-c3cnc(C(N)=O)c4sccc34)c2C(F)(F)F)cnc1-n1nccn1. The van der Waals surface area contributed by atoms with E-state index in [2.05, 4.69) is 30.6 Å². The van der Waals surface area contributed by atoms with Crippen molar-refractivity contribution in [3.8, 4) is 11.5 Å². The van der Waals surface area contributed by atoms with Crippen LogP contribution in [0, 0.1) is 6.92 Å². The first-order valence-electron chi connectivity index (χ1n) is 10.1. The fourth-order valence-electron chi connectivity index (χ4n) is 3.63. The number of anilines is 1. The van der Waals surface area contributed by atoms with Crippen LogP contribution in [0.2, 0.25) is 0 Å². The van der Waals surface area contributed by atoms with Crippen LogP contribution >= 0.6 is 11.3 Å². The normalized spacial score (nSPS) is 11.7. The van der Waals surface area contributed by atoms with Gasteiger partial charge in [-0.25, -0.2) is 14.6 Å². The highest BCUT2D eigenvalue weighted by Crippen LogP contribution is 2.36. The zero-order valence-corrected chi connectivity index (χ0v) is 19.0. The molecule has 5 rings (SSSR count). The van der Waals surface area contributed by atoms with E-state index < -0.39 is 29.2 Å². The van der Waals surface area contributed by atoms with Gasteiger partial charge in [0.05, 0.1) is 52.6 Å². The second-order valence-electron chi connectivity index (χ2n) is 7.47. The van der Waals surface area contributed by atoms with Crippen LogP contribution in [0.3, 0.4) is 0 Å². The molecule has 0 radical (unpaired) electrons. The van der Waals surface area contributed by atoms with E-state index in [4.69, 9.17) is 5.73 Å². The number of pyridine rings is 2. The molecule has 0 aliphatic rings. The molecule has 5 aromatic heterocycles. The average molecular weight is 513 g/mol. The van der Waals surface area contributed by atoms with Gasteiger partial charge in [-0.3, -0.25) is 9.59 Å². The second-order valence-corrected chi connectivity index (χ2v) is 8.39. The van der Waals surface area contributed by atoms with Crippen molar-refractivity contribution in [3.05, 3.63) is 71.0 Å². The van der Waals surface area contributed by atoms with Crippen LogP contribution in [0.5, 0.6) is 0 Å². The highest BCUT2D eigenvalue weighted by molar-refractivity contribution is 7.17. The highest BCUT2D eigenvalue weighted by Gasteiger charge is 2.41. The van der Waals surface area contributed by atoms with E-state index in [0.29, 0.717) is 20.8 Å². The van der Waals surface area contributed by atoms with E-state index in [1.807, 2.05) is 0 Å². The van der Waals surface area contributed by atoms with Gasteiger partial charge in [-0.15, -0.1) is 16.1 Å². The van der Waals surface area contributed by atoms with Crippen LogP contribution in [0.25, 0.3) is 21.6 Å². The Labute approximate surface area is 203 Å². The third-order valence-corrected chi connectivity index (χ3v) is 6.05. The van der Waals surface area contributed by atoms with Crippen molar-refractivity contribution in [2.24, 2.45) is 5.73 Å². The molecule has 36 heavy (non-hydrogen) atoms. The third kappa shape index (κ3) is 3.94. The minimum atomic E-state index is -4.95. The van der Waals surface area contributed by atoms with Gasteiger partial charge in [0, 0.05) is 5.39 Å². The minimum Gasteiger partial charge on any atom is -0.364 e. The van der Waals surface area contributed by atoms with Crippen molar-refractivity contribution in [2.75, 3.05) is 5.32 Å². The molecule has 0 atom stereocenters. The molecule has 2 amide bonds. The number of primary amides is 1. The number of carbonyl (C=O) groups is 2. The fraction of sp³-hybridized carbons (Fsp3) is 0.0952. The van der Waals surface area contributed by atoms with Gasteiger partial charge in [0.1, 0.15) is 5.69 Å². The van der Waals surface area contributed by atoms with Crippen molar-refractivity contribution in [1.82, 2.24) is 34.7 Å². The number of nitrogens with zero attached hydrogens (tertiary/aromatic N) is 7. The average Bonchev–Trinajstić information content (AvgIpc) is 3.58. The number of nitrogens with two attached hydrogens (primary N) is 1. The van der Waals surface area contributed by atoms with Crippen molar-refractivity contribution in [3.63, 3.8) is 0 Å². The number of aromatic nitrogens is 7. The monoisotopic (exact) mass is 513 g/mol. The summed E-state index contributed by atoms with van der Waals surface area (Å²) in [5.41, 5.74) is 3.94. The molecule has 5 aromatic rings. The van der Waals surface area contributed by atoms with Crippen LogP contribution < -0.4 is 11.1 Å². The standard InChI is InChI=1S/C21H14F3N9O2S/c1-10-6-11(7-27-19(10)33-28-3-4-29-33)31-20(35)13-8-30-32(17(13)21(22,23)24)14-9-26-15(18(25)34)16-12(14)2-5-36-16/h2-9H,1H3,(H2,25,34)(H,31,35). The van der Waals surface area contributed by atoms with E-state index in [9.17, 15) is 22.8 Å². The minimum absolute atomic E-state index is 0.0591. The summed E-state index contributed by atoms with van der Waals surface area (Å²) in [4.78, 5) is 34.0. The summed E-state index contributed by atoms with van der Waals surface area (Å²) < 4.78 is 43.4. The lowest BCUT2D eigenvalue weighted by molar-refractivity contribution is -0.143. The number of alkyl halides is 3. The van der Waals surface area contributed by atoms with Gasteiger partial charge in [-0.05, 0) is 30.0 Å². The van der Waals surface area contributed by atoms with E-state index in [0.717, 1.165) is 23.7 Å². The lowest BCUT2D eigenvalue weighted by Crippen LogP contribution is -2.21. The smallest absolute Gasteiger partial charge is 0.364 e. The number of hydrogen-bond donors (Lipinski definition) is 2. The lowest BCUT2D eigenvalue weighted by Gasteiger charge is -2.14. The van der Waals surface area contributed by atoms with Crippen LogP contribution in [0.4, 0.5) is 18.9 Å². The Morgan fingerprint density at radius 1 is 1.08 bits per heavy atom. The molecular formula is C21H14F3N9O2S. The van der Waals surface area contributed by atoms with Crippen LogP contribution in [0.1, 0.15) is 32.1 Å². The molecule has 5 heterocycles. The zero-order chi connectivity index (χ0) is 25.6. The Morgan fingerprint density at radius 3 is 2.50 bits per heavy atom. The predicted octanol–water partition coefficient (Wildman–Crippen LogP) is 3.14. The first-order chi connectivity index (χ1) is 17.1. The summed E-state index contributed by atoms with van der Waals surface area (Å²) in [6, 6.07) is 3.05. The van der Waals surface area contributed by atoms with Crippen LogP contribution in [-0.2, 0) is 6.18 Å². The number of carbonyl (C=O) groups excluding carboxylic acids is 2. The molecule has 15 heteroatoms. The maximum Gasteiger partial charge on any atom is 0.434 e. The van der Waals surface area contributed by atoms with E-state index >= 15 is 0 Å². The third-order valence-electron chi connectivity index (χ3n) is 5.13. The molecule has 11 nitrogen and oxygen atoms in total. The predicted molar refractivity (Wildman–Crippen MR) is 122 cm³/mol. The molecule has 182 valence electrons. The van der Waals surface area contributed by atoms with E-state index in [1.165, 1.54) is 35.5 Å². The summed E-state index contributed by atoms with van der Waals surface area (Å²) >= 11 is 1.10. The number of amides is 2.